The second-order valence-corrected chi connectivity index (χ2v) is 23.1. The van der Waals surface area contributed by atoms with E-state index in [0.717, 1.165) is 65.9 Å². The highest BCUT2D eigenvalue weighted by Crippen LogP contribution is 2.38. The fourth-order valence-corrected chi connectivity index (χ4v) is 13.3. The number of fused-ring (bicyclic) bond motifs is 9. The Morgan fingerprint density at radius 2 is 0.598 bits per heavy atom. The Labute approximate surface area is 484 Å². The number of aromatic nitrogens is 3. The summed E-state index contributed by atoms with van der Waals surface area (Å²) < 4.78 is 7.60. The maximum atomic E-state index is 3.64. The molecule has 0 amide bonds. The SMILES string of the molecule is CCCCCCCn1c2ccccc2c2cc(C#Cc3ccc4c(c3)c3cc(C#Cc5ccc6c(c5)c5cc(C#Cc7ccc8ccc9cccc%10ccc7c8c9%10)ccc5n6CCCCCCC)ccc3n4CCCCCCC)ccc21. The maximum absolute atomic E-state index is 3.64. The van der Waals surface area contributed by atoms with E-state index in [-0.39, 0.29) is 0 Å². The van der Waals surface area contributed by atoms with Gasteiger partial charge in [-0.25, -0.2) is 0 Å². The van der Waals surface area contributed by atoms with E-state index in [4.69, 9.17) is 0 Å². The third-order valence-corrected chi connectivity index (χ3v) is 17.5. The molecular weight excluding hydrogens is 991 g/mol. The first-order valence-electron chi connectivity index (χ1n) is 30.9. The lowest BCUT2D eigenvalue weighted by molar-refractivity contribution is 0.584. The average Bonchev–Trinajstić information content (AvgIpc) is 2.90. The Bertz CT molecular complexity index is 4690. The maximum Gasteiger partial charge on any atom is 0.0492 e. The minimum absolute atomic E-state index is 0.989. The molecule has 3 nitrogen and oxygen atoms in total. The van der Waals surface area contributed by atoms with Gasteiger partial charge in [0.2, 0.25) is 0 Å². The molecular formula is C79H73N3. The van der Waals surface area contributed by atoms with Crippen LogP contribution in [0.5, 0.6) is 0 Å². The van der Waals surface area contributed by atoms with Gasteiger partial charge >= 0.3 is 0 Å². The molecule has 0 aliphatic rings. The molecule has 0 aliphatic heterocycles. The van der Waals surface area contributed by atoms with Crippen molar-refractivity contribution in [2.45, 2.75) is 137 Å². The van der Waals surface area contributed by atoms with Crippen molar-refractivity contribution in [3.05, 3.63) is 203 Å². The summed E-state index contributed by atoms with van der Waals surface area (Å²) in [7, 11) is 0. The van der Waals surface area contributed by atoms with Crippen molar-refractivity contribution in [1.82, 2.24) is 13.7 Å². The number of para-hydroxylation sites is 1. The number of benzene rings is 10. The molecule has 0 saturated heterocycles. The van der Waals surface area contributed by atoms with Crippen LogP contribution in [0.25, 0.3) is 97.7 Å². The van der Waals surface area contributed by atoms with E-state index in [1.165, 1.54) is 181 Å². The summed E-state index contributed by atoms with van der Waals surface area (Å²) >= 11 is 0. The van der Waals surface area contributed by atoms with Crippen molar-refractivity contribution < 1.29 is 0 Å². The zero-order chi connectivity index (χ0) is 55.4. The number of unbranched alkanes of at least 4 members (excludes halogenated alkanes) is 12. The molecule has 13 aromatic rings. The summed E-state index contributed by atoms with van der Waals surface area (Å²) in [6.07, 6.45) is 18.8. The Balaban J connectivity index is 0.835. The van der Waals surface area contributed by atoms with Crippen molar-refractivity contribution in [2.24, 2.45) is 0 Å². The standard InChI is InChI=1S/C79H73N3/c1-4-7-10-13-18-48-80-72-25-17-16-24-66(72)67-51-56(31-43-73(67)80)26-27-57-32-44-74-68(52-57)69-53-58(33-45-75(69)81(74)49-19-14-11-8-5-2)28-29-59-34-46-76-70(54-59)71-55-60(35-47-77(71)82(76)50-20-15-12-9-6-3)30-36-61-37-38-64-40-39-62-22-21-23-63-41-42-65(61)79(64)78(62)63/h16-17,21-25,31-35,37-47,51-55H,4-15,18-20,48-50H2,1-3H3. The highest BCUT2D eigenvalue weighted by Gasteiger charge is 2.16. The zero-order valence-corrected chi connectivity index (χ0v) is 48.2. The van der Waals surface area contributed by atoms with Crippen LogP contribution < -0.4 is 0 Å². The molecule has 0 unspecified atom stereocenters. The van der Waals surface area contributed by atoms with Gasteiger partial charge in [-0.15, -0.1) is 0 Å². The molecule has 0 N–H and O–H groups in total. The van der Waals surface area contributed by atoms with Gasteiger partial charge in [0.05, 0.1) is 0 Å². The molecule has 0 bridgehead atoms. The van der Waals surface area contributed by atoms with Crippen LogP contribution in [0.2, 0.25) is 0 Å². The predicted molar refractivity (Wildman–Crippen MR) is 353 cm³/mol. The molecule has 0 aliphatic carbocycles. The van der Waals surface area contributed by atoms with Crippen LogP contribution in [0.15, 0.2) is 170 Å². The van der Waals surface area contributed by atoms with Gasteiger partial charge in [0.1, 0.15) is 0 Å². The van der Waals surface area contributed by atoms with Crippen molar-refractivity contribution in [1.29, 1.82) is 0 Å². The Kier molecular flexibility index (Phi) is 15.3. The molecule has 404 valence electrons. The zero-order valence-electron chi connectivity index (χ0n) is 48.2. The highest BCUT2D eigenvalue weighted by atomic mass is 15.0. The summed E-state index contributed by atoms with van der Waals surface area (Å²) in [4.78, 5) is 0. The van der Waals surface area contributed by atoms with Crippen LogP contribution in [0.3, 0.4) is 0 Å². The molecule has 0 radical (unpaired) electrons. The van der Waals surface area contributed by atoms with E-state index >= 15 is 0 Å². The molecule has 13 rings (SSSR count). The van der Waals surface area contributed by atoms with Crippen LogP contribution in [0.1, 0.15) is 150 Å². The molecule has 0 saturated carbocycles. The Hall–Kier alpha value is -8.68. The fraction of sp³-hybridized carbons (Fsp3) is 0.266. The number of nitrogens with zero attached hydrogens (tertiary/aromatic N) is 3. The average molecular weight is 1060 g/mol. The normalized spacial score (nSPS) is 11.7. The highest BCUT2D eigenvalue weighted by molar-refractivity contribution is 6.24. The second kappa shape index (κ2) is 23.8. The van der Waals surface area contributed by atoms with E-state index in [1.54, 1.807) is 0 Å². The quantitative estimate of drug-likeness (QED) is 0.0462. The predicted octanol–water partition coefficient (Wildman–Crippen LogP) is 21.0. The summed E-state index contributed by atoms with van der Waals surface area (Å²) in [5.74, 6) is 21.7. The van der Waals surface area contributed by atoms with Crippen molar-refractivity contribution >= 4 is 97.7 Å². The van der Waals surface area contributed by atoms with Gasteiger partial charge < -0.3 is 13.7 Å². The summed E-state index contributed by atoms with van der Waals surface area (Å²) in [5.41, 5.74) is 13.8. The van der Waals surface area contributed by atoms with Crippen LogP contribution in [0.4, 0.5) is 0 Å². The smallest absolute Gasteiger partial charge is 0.0492 e. The molecule has 0 fully saturated rings. The van der Waals surface area contributed by atoms with E-state index in [1.807, 2.05) is 0 Å². The number of hydrogen-bond donors (Lipinski definition) is 0. The topological polar surface area (TPSA) is 14.8 Å². The Morgan fingerprint density at radius 3 is 1.02 bits per heavy atom. The van der Waals surface area contributed by atoms with Gasteiger partial charge in [-0.05, 0) is 155 Å². The van der Waals surface area contributed by atoms with Crippen LogP contribution in [0, 0.1) is 35.5 Å². The summed E-state index contributed by atoms with van der Waals surface area (Å²) in [5, 5.41) is 15.2. The molecule has 3 heteroatoms. The van der Waals surface area contributed by atoms with E-state index in [0.29, 0.717) is 0 Å². The van der Waals surface area contributed by atoms with Gasteiger partial charge in [0, 0.05) is 118 Å². The molecule has 10 aromatic carbocycles. The van der Waals surface area contributed by atoms with Gasteiger partial charge in [0.15, 0.2) is 0 Å². The first-order chi connectivity index (χ1) is 40.5. The first-order valence-corrected chi connectivity index (χ1v) is 30.9. The Morgan fingerprint density at radius 1 is 0.256 bits per heavy atom. The molecule has 0 atom stereocenters. The molecule has 3 aromatic heterocycles. The minimum Gasteiger partial charge on any atom is -0.340 e. The van der Waals surface area contributed by atoms with Gasteiger partial charge in [-0.2, -0.15) is 0 Å². The lowest BCUT2D eigenvalue weighted by Gasteiger charge is -2.11. The van der Waals surface area contributed by atoms with Crippen molar-refractivity contribution in [2.75, 3.05) is 0 Å². The van der Waals surface area contributed by atoms with E-state index in [9.17, 15) is 0 Å². The molecule has 82 heavy (non-hydrogen) atoms. The van der Waals surface area contributed by atoms with Crippen LogP contribution in [-0.4, -0.2) is 13.7 Å². The monoisotopic (exact) mass is 1060 g/mol. The van der Waals surface area contributed by atoms with Crippen LogP contribution in [-0.2, 0) is 19.6 Å². The fourth-order valence-electron chi connectivity index (χ4n) is 13.3. The van der Waals surface area contributed by atoms with Gasteiger partial charge in [0.25, 0.3) is 0 Å². The number of hydrogen-bond acceptors (Lipinski definition) is 0. The van der Waals surface area contributed by atoms with Crippen molar-refractivity contribution in [3.63, 3.8) is 0 Å². The van der Waals surface area contributed by atoms with Gasteiger partial charge in [-0.3, -0.25) is 0 Å². The molecule has 0 spiro atoms. The van der Waals surface area contributed by atoms with Crippen molar-refractivity contribution in [3.8, 4) is 35.5 Å². The van der Waals surface area contributed by atoms with E-state index < -0.39 is 0 Å². The van der Waals surface area contributed by atoms with Crippen LogP contribution >= 0.6 is 0 Å². The first kappa shape index (κ1) is 52.7. The lowest BCUT2D eigenvalue weighted by atomic mass is 9.92. The number of aryl methyl sites for hydroxylation is 3. The number of rotatable bonds is 18. The second-order valence-electron chi connectivity index (χ2n) is 23.1. The summed E-state index contributed by atoms with van der Waals surface area (Å²) in [6, 6.07) is 63.0. The summed E-state index contributed by atoms with van der Waals surface area (Å²) in [6.45, 7) is 9.89. The largest absolute Gasteiger partial charge is 0.340 e. The lowest BCUT2D eigenvalue weighted by Crippen LogP contribution is -1.98. The third kappa shape index (κ3) is 10.4. The molecule has 3 heterocycles. The minimum atomic E-state index is 0.989. The van der Waals surface area contributed by atoms with E-state index in [2.05, 4.69) is 240 Å². The van der Waals surface area contributed by atoms with Gasteiger partial charge in [-0.1, -0.05) is 200 Å². The third-order valence-electron chi connectivity index (χ3n) is 17.5.